The first-order chi connectivity index (χ1) is 11.6. The molecule has 1 aliphatic heterocycles. The summed E-state index contributed by atoms with van der Waals surface area (Å²) in [5.74, 6) is 0.627. The van der Waals surface area contributed by atoms with Crippen molar-refractivity contribution in [2.24, 2.45) is 4.99 Å². The topological polar surface area (TPSA) is 68.1 Å². The Hall–Kier alpha value is -2.08. The minimum Gasteiger partial charge on any atom is -0.396 e. The molecule has 0 fully saturated rings. The van der Waals surface area contributed by atoms with E-state index in [9.17, 15) is 5.11 Å². The van der Waals surface area contributed by atoms with E-state index < -0.39 is 6.35 Å². The molecule has 0 spiro atoms. The number of benzene rings is 2. The lowest BCUT2D eigenvalue weighted by atomic mass is 10.1. The van der Waals surface area contributed by atoms with E-state index in [2.05, 4.69) is 10.3 Å². The molecule has 2 aromatic rings. The molecule has 0 saturated heterocycles. The SMILES string of the molecule is CN=C1NC(O)N(c2cccc(CCCO)c2)c2cc(Cl)ccc21. The smallest absolute Gasteiger partial charge is 0.210 e. The van der Waals surface area contributed by atoms with Crippen molar-refractivity contribution in [3.8, 4) is 0 Å². The van der Waals surface area contributed by atoms with Gasteiger partial charge in [0.25, 0.3) is 0 Å². The molecule has 126 valence electrons. The summed E-state index contributed by atoms with van der Waals surface area (Å²) in [5, 5.41) is 23.2. The van der Waals surface area contributed by atoms with Crippen LogP contribution in [0.4, 0.5) is 11.4 Å². The maximum Gasteiger partial charge on any atom is 0.210 e. The van der Waals surface area contributed by atoms with Crippen LogP contribution in [-0.4, -0.2) is 36.1 Å². The molecule has 3 rings (SSSR count). The fraction of sp³-hybridized carbons (Fsp3) is 0.278. The number of nitrogens with one attached hydrogen (secondary N) is 1. The van der Waals surface area contributed by atoms with Crippen molar-refractivity contribution in [2.45, 2.75) is 19.2 Å². The molecule has 0 saturated carbocycles. The highest BCUT2D eigenvalue weighted by Crippen LogP contribution is 2.35. The second-order valence-corrected chi connectivity index (χ2v) is 6.06. The lowest BCUT2D eigenvalue weighted by molar-refractivity contribution is 0.164. The van der Waals surface area contributed by atoms with Crippen molar-refractivity contribution in [1.82, 2.24) is 5.32 Å². The highest BCUT2D eigenvalue weighted by atomic mass is 35.5. The third kappa shape index (κ3) is 3.24. The quantitative estimate of drug-likeness (QED) is 0.797. The molecular formula is C18H20ClN3O2. The van der Waals surface area contributed by atoms with Crippen LogP contribution in [0.15, 0.2) is 47.5 Å². The zero-order valence-electron chi connectivity index (χ0n) is 13.4. The number of rotatable bonds is 4. The van der Waals surface area contributed by atoms with Crippen molar-refractivity contribution >= 4 is 28.8 Å². The summed E-state index contributed by atoms with van der Waals surface area (Å²) in [6.45, 7) is 0.160. The number of aryl methyl sites for hydroxylation is 1. The highest BCUT2D eigenvalue weighted by molar-refractivity contribution is 6.31. The van der Waals surface area contributed by atoms with Gasteiger partial charge >= 0.3 is 0 Å². The van der Waals surface area contributed by atoms with Crippen LogP contribution < -0.4 is 10.2 Å². The van der Waals surface area contributed by atoms with Gasteiger partial charge in [0.1, 0.15) is 5.84 Å². The molecule has 1 unspecified atom stereocenters. The molecule has 2 aromatic carbocycles. The molecule has 1 heterocycles. The van der Waals surface area contributed by atoms with E-state index in [4.69, 9.17) is 16.7 Å². The minimum absolute atomic E-state index is 0.160. The van der Waals surface area contributed by atoms with Gasteiger partial charge in [0.15, 0.2) is 0 Å². The number of fused-ring (bicyclic) bond motifs is 1. The van der Waals surface area contributed by atoms with Crippen LogP contribution in [0.25, 0.3) is 0 Å². The van der Waals surface area contributed by atoms with Gasteiger partial charge in [-0.3, -0.25) is 9.89 Å². The third-order valence-electron chi connectivity index (χ3n) is 4.02. The van der Waals surface area contributed by atoms with E-state index in [1.54, 1.807) is 18.0 Å². The molecule has 5 nitrogen and oxygen atoms in total. The third-order valence-corrected chi connectivity index (χ3v) is 4.26. The monoisotopic (exact) mass is 345 g/mol. The Morgan fingerprint density at radius 1 is 1.25 bits per heavy atom. The largest absolute Gasteiger partial charge is 0.396 e. The Bertz CT molecular complexity index is 764. The van der Waals surface area contributed by atoms with E-state index >= 15 is 0 Å². The number of hydrogen-bond donors (Lipinski definition) is 3. The fourth-order valence-electron chi connectivity index (χ4n) is 2.91. The Morgan fingerprint density at radius 3 is 2.83 bits per heavy atom. The van der Waals surface area contributed by atoms with E-state index in [0.29, 0.717) is 17.3 Å². The number of amidine groups is 1. The first-order valence-corrected chi connectivity index (χ1v) is 8.22. The van der Waals surface area contributed by atoms with Gasteiger partial charge in [-0.15, -0.1) is 0 Å². The Balaban J connectivity index is 2.06. The summed E-state index contributed by atoms with van der Waals surface area (Å²) >= 11 is 6.17. The van der Waals surface area contributed by atoms with Crippen LogP contribution in [0.5, 0.6) is 0 Å². The van der Waals surface area contributed by atoms with Crippen molar-refractivity contribution in [1.29, 1.82) is 0 Å². The van der Waals surface area contributed by atoms with Crippen molar-refractivity contribution < 1.29 is 10.2 Å². The first-order valence-electron chi connectivity index (χ1n) is 7.84. The summed E-state index contributed by atoms with van der Waals surface area (Å²) in [6.07, 6.45) is 0.549. The Morgan fingerprint density at radius 2 is 2.08 bits per heavy atom. The lowest BCUT2D eigenvalue weighted by Crippen LogP contribution is -2.50. The predicted octanol–water partition coefficient (Wildman–Crippen LogP) is 2.66. The van der Waals surface area contributed by atoms with Gasteiger partial charge in [0, 0.05) is 29.9 Å². The zero-order valence-corrected chi connectivity index (χ0v) is 14.2. The summed E-state index contributed by atoms with van der Waals surface area (Å²) in [5.41, 5.74) is 3.64. The number of hydrogen-bond acceptors (Lipinski definition) is 4. The van der Waals surface area contributed by atoms with Crippen LogP contribution in [-0.2, 0) is 6.42 Å². The zero-order chi connectivity index (χ0) is 17.1. The normalized spacial score (nSPS) is 18.4. The molecule has 3 N–H and O–H groups in total. The standard InChI is InChI=1S/C18H20ClN3O2/c1-20-17-15-8-7-13(19)11-16(15)22(18(24)21-17)14-6-2-4-12(10-14)5-3-9-23/h2,4,6-8,10-11,18,23-24H,3,5,9H2,1H3,(H,20,21). The van der Waals surface area contributed by atoms with E-state index in [1.165, 1.54) is 0 Å². The molecule has 0 amide bonds. The summed E-state index contributed by atoms with van der Waals surface area (Å²) < 4.78 is 0. The van der Waals surface area contributed by atoms with E-state index in [1.807, 2.05) is 36.4 Å². The van der Waals surface area contributed by atoms with E-state index in [0.717, 1.165) is 28.9 Å². The van der Waals surface area contributed by atoms with Crippen molar-refractivity contribution in [3.63, 3.8) is 0 Å². The molecule has 0 aromatic heterocycles. The summed E-state index contributed by atoms with van der Waals surface area (Å²) in [6, 6.07) is 13.4. The summed E-state index contributed by atoms with van der Waals surface area (Å²) in [7, 11) is 1.68. The molecule has 1 atom stereocenters. The van der Waals surface area contributed by atoms with Crippen LogP contribution in [0.3, 0.4) is 0 Å². The van der Waals surface area contributed by atoms with Crippen LogP contribution in [0, 0.1) is 0 Å². The predicted molar refractivity (Wildman–Crippen MR) is 97.0 cm³/mol. The van der Waals surface area contributed by atoms with E-state index in [-0.39, 0.29) is 6.61 Å². The van der Waals surface area contributed by atoms with Gasteiger partial charge < -0.3 is 15.5 Å². The maximum absolute atomic E-state index is 10.6. The number of anilines is 2. The molecule has 0 bridgehead atoms. The van der Waals surface area contributed by atoms with Crippen molar-refractivity contribution in [2.75, 3.05) is 18.6 Å². The van der Waals surface area contributed by atoms with Crippen LogP contribution in [0.2, 0.25) is 5.02 Å². The maximum atomic E-state index is 10.6. The fourth-order valence-corrected chi connectivity index (χ4v) is 3.08. The minimum atomic E-state index is -0.942. The average Bonchev–Trinajstić information content (AvgIpc) is 2.59. The average molecular weight is 346 g/mol. The molecule has 0 aliphatic carbocycles. The number of aliphatic imine (C=N–C) groups is 1. The van der Waals surface area contributed by atoms with Crippen LogP contribution >= 0.6 is 11.6 Å². The first kappa shape index (κ1) is 16.8. The van der Waals surface area contributed by atoms with Crippen molar-refractivity contribution in [3.05, 3.63) is 58.6 Å². The number of nitrogens with zero attached hydrogens (tertiary/aromatic N) is 2. The van der Waals surface area contributed by atoms with Gasteiger partial charge in [0.05, 0.1) is 5.69 Å². The molecule has 1 aliphatic rings. The van der Waals surface area contributed by atoms with Gasteiger partial charge in [0.2, 0.25) is 6.35 Å². The second-order valence-electron chi connectivity index (χ2n) is 5.62. The number of halogens is 1. The number of aliphatic hydroxyl groups excluding tert-OH is 2. The Kier molecular flexibility index (Phi) is 5.04. The molecule has 24 heavy (non-hydrogen) atoms. The molecular weight excluding hydrogens is 326 g/mol. The van der Waals surface area contributed by atoms with Gasteiger partial charge in [-0.05, 0) is 48.7 Å². The van der Waals surface area contributed by atoms with Gasteiger partial charge in [-0.2, -0.15) is 0 Å². The highest BCUT2D eigenvalue weighted by Gasteiger charge is 2.29. The Labute approximate surface area is 146 Å². The molecule has 6 heteroatoms. The molecule has 0 radical (unpaired) electrons. The lowest BCUT2D eigenvalue weighted by Gasteiger charge is -2.37. The van der Waals surface area contributed by atoms with Gasteiger partial charge in [-0.1, -0.05) is 23.7 Å². The van der Waals surface area contributed by atoms with Gasteiger partial charge in [-0.25, -0.2) is 0 Å². The number of aliphatic hydroxyl groups is 2. The summed E-state index contributed by atoms with van der Waals surface area (Å²) in [4.78, 5) is 5.99. The second kappa shape index (κ2) is 7.21. The van der Waals surface area contributed by atoms with Crippen LogP contribution in [0.1, 0.15) is 17.5 Å².